The van der Waals surface area contributed by atoms with Crippen LogP contribution in [0.25, 0.3) is 0 Å². The van der Waals surface area contributed by atoms with Crippen LogP contribution in [0.5, 0.6) is 0 Å². The molecule has 184 valence electrons. The highest BCUT2D eigenvalue weighted by atomic mass is 32.2. The molecule has 9 heteroatoms. The van der Waals surface area contributed by atoms with Gasteiger partial charge >= 0.3 is 0 Å². The molecule has 1 saturated heterocycles. The van der Waals surface area contributed by atoms with Gasteiger partial charge in [-0.15, -0.1) is 0 Å². The summed E-state index contributed by atoms with van der Waals surface area (Å²) < 4.78 is 47.1. The van der Waals surface area contributed by atoms with E-state index in [1.54, 1.807) is 0 Å². The van der Waals surface area contributed by atoms with E-state index in [0.29, 0.717) is 13.4 Å². The zero-order valence-electron chi connectivity index (χ0n) is 21.2. The van der Waals surface area contributed by atoms with Crippen molar-refractivity contribution in [3.63, 3.8) is 0 Å². The van der Waals surface area contributed by atoms with Gasteiger partial charge in [0.1, 0.15) is 6.79 Å². The lowest BCUT2D eigenvalue weighted by Gasteiger charge is -2.42. The predicted octanol–water partition coefficient (Wildman–Crippen LogP) is 4.91. The van der Waals surface area contributed by atoms with Gasteiger partial charge in [-0.05, 0) is 30.4 Å². The Labute approximate surface area is 193 Å². The fourth-order valence-electron chi connectivity index (χ4n) is 3.76. The summed E-state index contributed by atoms with van der Waals surface area (Å²) in [4.78, 5) is 0. The van der Waals surface area contributed by atoms with Gasteiger partial charge in [0.25, 0.3) is 10.1 Å². The SMILES string of the molecule is C=C(C(OS(C)(=O)=O)[Si](C)(C)C)[C@@H]1O[C@@H]([C@@H](C)COCOCC[Si](C)(C)C)CC[C@@H]1C. The molecule has 0 spiro atoms. The van der Waals surface area contributed by atoms with Crippen LogP contribution in [0, 0.1) is 11.8 Å². The molecular weight excluding hydrogens is 448 g/mol. The Hall–Kier alpha value is -0.0362. The van der Waals surface area contributed by atoms with Crippen LogP contribution in [-0.4, -0.2) is 68.8 Å². The van der Waals surface area contributed by atoms with Gasteiger partial charge in [-0.3, -0.25) is 4.18 Å². The van der Waals surface area contributed by atoms with Crippen LogP contribution in [-0.2, 0) is 28.5 Å². The van der Waals surface area contributed by atoms with E-state index in [0.717, 1.165) is 37.3 Å². The van der Waals surface area contributed by atoms with Crippen LogP contribution in [0.15, 0.2) is 12.2 Å². The van der Waals surface area contributed by atoms with E-state index in [4.69, 9.17) is 18.4 Å². The van der Waals surface area contributed by atoms with Crippen molar-refractivity contribution in [3.05, 3.63) is 12.2 Å². The maximum absolute atomic E-state index is 11.9. The molecule has 0 N–H and O–H groups in total. The van der Waals surface area contributed by atoms with Crippen LogP contribution in [0.2, 0.25) is 45.3 Å². The molecule has 5 atom stereocenters. The average molecular weight is 495 g/mol. The van der Waals surface area contributed by atoms with Crippen molar-refractivity contribution in [2.45, 2.75) is 90.0 Å². The third kappa shape index (κ3) is 11.1. The highest BCUT2D eigenvalue weighted by Gasteiger charge is 2.41. The lowest BCUT2D eigenvalue weighted by molar-refractivity contribution is -0.117. The van der Waals surface area contributed by atoms with Crippen molar-refractivity contribution in [3.8, 4) is 0 Å². The van der Waals surface area contributed by atoms with Crippen LogP contribution in [0.3, 0.4) is 0 Å². The first-order chi connectivity index (χ1) is 14.0. The smallest absolute Gasteiger partial charge is 0.264 e. The molecule has 1 aliphatic heterocycles. The minimum atomic E-state index is -3.58. The molecule has 0 aromatic heterocycles. The van der Waals surface area contributed by atoms with Crippen molar-refractivity contribution in [2.24, 2.45) is 11.8 Å². The van der Waals surface area contributed by atoms with Crippen molar-refractivity contribution in [2.75, 3.05) is 26.3 Å². The second-order valence-corrected chi connectivity index (χ2v) is 23.9. The molecule has 0 saturated carbocycles. The molecule has 0 aromatic rings. The fourth-order valence-corrected chi connectivity index (χ4v) is 7.95. The van der Waals surface area contributed by atoms with Crippen LogP contribution < -0.4 is 0 Å². The van der Waals surface area contributed by atoms with Crippen molar-refractivity contribution in [1.82, 2.24) is 0 Å². The Balaban J connectivity index is 2.65. The Kier molecular flexibility index (Phi) is 11.1. The van der Waals surface area contributed by atoms with Gasteiger partial charge < -0.3 is 14.2 Å². The van der Waals surface area contributed by atoms with Crippen LogP contribution >= 0.6 is 0 Å². The molecule has 1 heterocycles. The average Bonchev–Trinajstić information content (AvgIpc) is 2.59. The van der Waals surface area contributed by atoms with Crippen LogP contribution in [0.1, 0.15) is 26.7 Å². The number of hydrogen-bond acceptors (Lipinski definition) is 6. The summed E-state index contributed by atoms with van der Waals surface area (Å²) in [6, 6.07) is 1.13. The number of hydrogen-bond donors (Lipinski definition) is 0. The number of rotatable bonds is 13. The minimum absolute atomic E-state index is 0.0421. The predicted molar refractivity (Wildman–Crippen MR) is 133 cm³/mol. The number of ether oxygens (including phenoxy) is 3. The summed E-state index contributed by atoms with van der Waals surface area (Å²) in [5.41, 5.74) is 0.254. The van der Waals surface area contributed by atoms with E-state index >= 15 is 0 Å². The second kappa shape index (κ2) is 11.9. The van der Waals surface area contributed by atoms with Gasteiger partial charge in [0.15, 0.2) is 0 Å². The summed E-state index contributed by atoms with van der Waals surface area (Å²) in [7, 11) is -6.65. The van der Waals surface area contributed by atoms with Crippen LogP contribution in [0.4, 0.5) is 0 Å². The third-order valence-corrected chi connectivity index (χ3v) is 10.2. The zero-order valence-corrected chi connectivity index (χ0v) is 24.0. The fraction of sp³-hybridized carbons (Fsp3) is 0.909. The molecule has 1 aliphatic rings. The van der Waals surface area contributed by atoms with Crippen molar-refractivity contribution >= 4 is 26.3 Å². The molecule has 0 aliphatic carbocycles. The van der Waals surface area contributed by atoms with Gasteiger partial charge in [-0.25, -0.2) is 0 Å². The second-order valence-electron chi connectivity index (χ2n) is 11.5. The van der Waals surface area contributed by atoms with E-state index in [-0.39, 0.29) is 24.0 Å². The molecule has 0 radical (unpaired) electrons. The summed E-state index contributed by atoms with van der Waals surface area (Å²) in [6.07, 6.45) is 2.89. The first-order valence-corrected chi connectivity index (χ1v) is 20.5. The Bertz CT molecular complexity index is 668. The van der Waals surface area contributed by atoms with E-state index < -0.39 is 32.0 Å². The zero-order chi connectivity index (χ0) is 24.0. The normalized spacial score (nSPS) is 25.3. The van der Waals surface area contributed by atoms with E-state index in [2.05, 4.69) is 59.7 Å². The van der Waals surface area contributed by atoms with E-state index in [1.807, 2.05) is 0 Å². The Morgan fingerprint density at radius 3 is 2.26 bits per heavy atom. The molecular formula is C22H46O6SSi2. The van der Waals surface area contributed by atoms with Crippen molar-refractivity contribution < 1.29 is 26.8 Å². The molecule has 0 amide bonds. The largest absolute Gasteiger partial charge is 0.370 e. The highest BCUT2D eigenvalue weighted by Crippen LogP contribution is 2.35. The van der Waals surface area contributed by atoms with Gasteiger partial charge in [-0.1, -0.05) is 59.7 Å². The molecule has 0 aromatic carbocycles. The van der Waals surface area contributed by atoms with Gasteiger partial charge in [0, 0.05) is 20.6 Å². The first kappa shape index (κ1) is 29.0. The third-order valence-electron chi connectivity index (χ3n) is 5.68. The maximum atomic E-state index is 11.9. The minimum Gasteiger partial charge on any atom is -0.370 e. The molecule has 0 bridgehead atoms. The topological polar surface area (TPSA) is 71.1 Å². The quantitative estimate of drug-likeness (QED) is 0.119. The lowest BCUT2D eigenvalue weighted by atomic mass is 9.86. The maximum Gasteiger partial charge on any atom is 0.264 e. The van der Waals surface area contributed by atoms with Crippen molar-refractivity contribution in [1.29, 1.82) is 0 Å². The Morgan fingerprint density at radius 2 is 1.74 bits per heavy atom. The monoisotopic (exact) mass is 494 g/mol. The molecule has 1 fully saturated rings. The summed E-state index contributed by atoms with van der Waals surface area (Å²) in [6.45, 7) is 23.4. The Morgan fingerprint density at radius 1 is 1.13 bits per heavy atom. The lowest BCUT2D eigenvalue weighted by Crippen LogP contribution is -2.49. The van der Waals surface area contributed by atoms with E-state index in [1.165, 1.54) is 0 Å². The summed E-state index contributed by atoms with van der Waals surface area (Å²) >= 11 is 0. The molecule has 1 rings (SSSR count). The molecule has 31 heavy (non-hydrogen) atoms. The first-order valence-electron chi connectivity index (χ1n) is 11.4. The summed E-state index contributed by atoms with van der Waals surface area (Å²) in [5.74, 6) is 0.480. The summed E-state index contributed by atoms with van der Waals surface area (Å²) in [5, 5.41) is 0. The standard InChI is InChI=1S/C22H46O6SSi2/c1-17-11-12-20(18(2)15-26-16-25-13-14-30(5,6)7)27-21(17)19(3)22(31(8,9)10)28-29(4,23)24/h17-18,20-22H,3,11-16H2,1-2,4-10H3/t17-,18-,20+,21+,22?/m0/s1. The van der Waals surface area contributed by atoms with Gasteiger partial charge in [0.2, 0.25) is 0 Å². The van der Waals surface area contributed by atoms with Gasteiger partial charge in [0.05, 0.1) is 38.9 Å². The molecule has 6 nitrogen and oxygen atoms in total. The highest BCUT2D eigenvalue weighted by molar-refractivity contribution is 7.86. The van der Waals surface area contributed by atoms with Gasteiger partial charge in [-0.2, -0.15) is 8.42 Å². The van der Waals surface area contributed by atoms with E-state index in [9.17, 15) is 8.42 Å². The molecule has 1 unspecified atom stereocenters.